The Hall–Kier alpha value is -3.81. The minimum atomic E-state index is -0.846. The third kappa shape index (κ3) is 8.17. The highest BCUT2D eigenvalue weighted by Crippen LogP contribution is 2.17. The van der Waals surface area contributed by atoms with E-state index in [2.05, 4.69) is 16.0 Å². The Bertz CT molecular complexity index is 1060. The number of rotatable bonds is 6. The molecule has 1 aliphatic heterocycles. The Labute approximate surface area is 204 Å². The van der Waals surface area contributed by atoms with Crippen molar-refractivity contribution in [1.29, 1.82) is 0 Å². The van der Waals surface area contributed by atoms with Gasteiger partial charge in [-0.05, 0) is 30.9 Å². The normalized spacial score (nSPS) is 22.0. The van der Waals surface area contributed by atoms with E-state index in [-0.39, 0.29) is 49.8 Å². The van der Waals surface area contributed by atoms with Crippen molar-refractivity contribution >= 4 is 29.3 Å². The molecule has 3 rings (SSSR count). The highest BCUT2D eigenvalue weighted by Gasteiger charge is 2.30. The van der Waals surface area contributed by atoms with Crippen LogP contribution in [0.15, 0.2) is 60.7 Å². The zero-order chi connectivity index (χ0) is 25.2. The van der Waals surface area contributed by atoms with Crippen molar-refractivity contribution in [3.63, 3.8) is 0 Å². The van der Waals surface area contributed by atoms with Gasteiger partial charge in [-0.3, -0.25) is 19.2 Å². The average molecular weight is 478 g/mol. The zero-order valence-corrected chi connectivity index (χ0v) is 19.8. The summed E-state index contributed by atoms with van der Waals surface area (Å²) in [4.78, 5) is 63.5. The van der Waals surface area contributed by atoms with Crippen LogP contribution in [0.5, 0.6) is 0 Å². The van der Waals surface area contributed by atoms with Gasteiger partial charge in [0.2, 0.25) is 17.7 Å². The lowest BCUT2D eigenvalue weighted by Gasteiger charge is -2.21. The number of ketones is 2. The lowest BCUT2D eigenvalue weighted by molar-refractivity contribution is -0.131. The molecular formula is C27H31N3O5. The number of hydrogen-bond donors (Lipinski definition) is 3. The zero-order valence-electron chi connectivity index (χ0n) is 19.8. The lowest BCUT2D eigenvalue weighted by atomic mass is 9.89. The molecule has 0 spiro atoms. The summed E-state index contributed by atoms with van der Waals surface area (Å²) in [6.07, 6.45) is 0.462. The second kappa shape index (κ2) is 12.6. The molecule has 0 aromatic heterocycles. The topological polar surface area (TPSA) is 121 Å². The van der Waals surface area contributed by atoms with Crippen LogP contribution in [-0.4, -0.2) is 48.4 Å². The first-order valence-electron chi connectivity index (χ1n) is 11.8. The van der Waals surface area contributed by atoms with Crippen molar-refractivity contribution in [2.75, 3.05) is 13.1 Å². The second-order valence-corrected chi connectivity index (χ2v) is 8.93. The summed E-state index contributed by atoms with van der Waals surface area (Å²) in [7, 11) is 0. The van der Waals surface area contributed by atoms with Crippen molar-refractivity contribution in [1.82, 2.24) is 16.0 Å². The predicted molar refractivity (Wildman–Crippen MR) is 130 cm³/mol. The predicted octanol–water partition coefficient (Wildman–Crippen LogP) is 1.37. The van der Waals surface area contributed by atoms with Gasteiger partial charge in [0.25, 0.3) is 0 Å². The van der Waals surface area contributed by atoms with Crippen LogP contribution in [0.4, 0.5) is 0 Å². The minimum Gasteiger partial charge on any atom is -0.355 e. The summed E-state index contributed by atoms with van der Waals surface area (Å²) >= 11 is 0. The first kappa shape index (κ1) is 25.8. The molecule has 184 valence electrons. The molecule has 1 aliphatic rings. The van der Waals surface area contributed by atoms with Crippen LogP contribution in [0.25, 0.3) is 0 Å². The molecule has 35 heavy (non-hydrogen) atoms. The molecule has 1 fully saturated rings. The Morgan fingerprint density at radius 2 is 1.37 bits per heavy atom. The molecule has 1 saturated heterocycles. The third-order valence-electron chi connectivity index (χ3n) is 6.00. The summed E-state index contributed by atoms with van der Waals surface area (Å²) < 4.78 is 0. The van der Waals surface area contributed by atoms with Crippen LogP contribution < -0.4 is 16.0 Å². The maximum absolute atomic E-state index is 13.4. The van der Waals surface area contributed by atoms with Gasteiger partial charge in [-0.1, -0.05) is 60.7 Å². The Morgan fingerprint density at radius 3 is 1.97 bits per heavy atom. The van der Waals surface area contributed by atoms with E-state index in [9.17, 15) is 24.0 Å². The maximum Gasteiger partial charge on any atom is 0.239 e. The second-order valence-electron chi connectivity index (χ2n) is 8.93. The van der Waals surface area contributed by atoms with Gasteiger partial charge >= 0.3 is 0 Å². The van der Waals surface area contributed by atoms with Crippen LogP contribution in [0.2, 0.25) is 0 Å². The Morgan fingerprint density at radius 1 is 0.800 bits per heavy atom. The number of hydrogen-bond acceptors (Lipinski definition) is 5. The fourth-order valence-electron chi connectivity index (χ4n) is 4.17. The van der Waals surface area contributed by atoms with E-state index in [0.29, 0.717) is 6.42 Å². The van der Waals surface area contributed by atoms with Crippen molar-refractivity contribution < 1.29 is 24.0 Å². The molecule has 3 amide bonds. The lowest BCUT2D eigenvalue weighted by Crippen LogP contribution is -2.47. The van der Waals surface area contributed by atoms with Crippen LogP contribution in [0.1, 0.15) is 30.9 Å². The SMILES string of the molecule is CC(=O)C[C@H]1CNC(=O)[C@H](Cc2ccccc2)CC(=O)[C@H](Cc2ccccc2)NC(=O)CNC1=O. The summed E-state index contributed by atoms with van der Waals surface area (Å²) in [5.41, 5.74) is 1.76. The number of carbonyl (C=O) groups is 5. The first-order chi connectivity index (χ1) is 16.8. The van der Waals surface area contributed by atoms with E-state index in [1.807, 2.05) is 60.7 Å². The van der Waals surface area contributed by atoms with Crippen LogP contribution >= 0.6 is 0 Å². The van der Waals surface area contributed by atoms with Gasteiger partial charge in [0, 0.05) is 25.3 Å². The van der Waals surface area contributed by atoms with E-state index >= 15 is 0 Å². The monoisotopic (exact) mass is 477 g/mol. The molecule has 2 aromatic carbocycles. The molecule has 0 aliphatic carbocycles. The van der Waals surface area contributed by atoms with Gasteiger partial charge in [0.15, 0.2) is 5.78 Å². The first-order valence-corrected chi connectivity index (χ1v) is 11.8. The van der Waals surface area contributed by atoms with Crippen molar-refractivity contribution in [3.05, 3.63) is 71.8 Å². The summed E-state index contributed by atoms with van der Waals surface area (Å²) in [5, 5.41) is 8.02. The molecule has 0 unspecified atom stereocenters. The van der Waals surface area contributed by atoms with Crippen molar-refractivity contribution in [2.45, 2.75) is 38.6 Å². The average Bonchev–Trinajstić information content (AvgIpc) is 2.85. The number of benzene rings is 2. The highest BCUT2D eigenvalue weighted by molar-refractivity contribution is 5.95. The molecule has 1 heterocycles. The van der Waals surface area contributed by atoms with E-state index in [1.165, 1.54) is 6.92 Å². The van der Waals surface area contributed by atoms with Gasteiger partial charge in [-0.2, -0.15) is 0 Å². The summed E-state index contributed by atoms with van der Waals surface area (Å²) in [6.45, 7) is 0.986. The fraction of sp³-hybridized carbons (Fsp3) is 0.370. The molecule has 0 bridgehead atoms. The van der Waals surface area contributed by atoms with Gasteiger partial charge in [-0.15, -0.1) is 0 Å². The Balaban J connectivity index is 1.88. The minimum absolute atomic E-state index is 0.0568. The largest absolute Gasteiger partial charge is 0.355 e. The van der Waals surface area contributed by atoms with Crippen LogP contribution in [0, 0.1) is 11.8 Å². The Kier molecular flexibility index (Phi) is 9.29. The van der Waals surface area contributed by atoms with Crippen LogP contribution in [0.3, 0.4) is 0 Å². The van der Waals surface area contributed by atoms with Crippen molar-refractivity contribution in [2.24, 2.45) is 11.8 Å². The van der Waals surface area contributed by atoms with Crippen molar-refractivity contribution in [3.8, 4) is 0 Å². The van der Waals surface area contributed by atoms with E-state index in [4.69, 9.17) is 0 Å². The standard InChI is InChI=1S/C27H31N3O5/c1-18(31)12-22-16-28-26(34)21(13-19-8-4-2-5-9-19)15-24(32)23(14-20-10-6-3-7-11-20)30-25(33)17-29-27(22)35/h2-11,21-23H,12-17H2,1H3,(H,28,34)(H,29,35)(H,30,33)/t21-,22+,23+/m1/s1. The molecule has 0 radical (unpaired) electrons. The summed E-state index contributed by atoms with van der Waals surface area (Å²) in [6, 6.07) is 17.8. The highest BCUT2D eigenvalue weighted by atomic mass is 16.2. The number of carbonyl (C=O) groups excluding carboxylic acids is 5. The third-order valence-corrected chi connectivity index (χ3v) is 6.00. The van der Waals surface area contributed by atoms with E-state index in [1.54, 1.807) is 0 Å². The van der Waals surface area contributed by atoms with Gasteiger partial charge in [0.05, 0.1) is 18.5 Å². The molecular weight excluding hydrogens is 446 g/mol. The van der Waals surface area contributed by atoms with Crippen LogP contribution in [-0.2, 0) is 36.8 Å². The molecule has 2 aromatic rings. The number of amides is 3. The van der Waals surface area contributed by atoms with Gasteiger partial charge in [0.1, 0.15) is 5.78 Å². The van der Waals surface area contributed by atoms with Gasteiger partial charge in [-0.25, -0.2) is 0 Å². The van der Waals surface area contributed by atoms with E-state index < -0.39 is 29.7 Å². The molecule has 8 nitrogen and oxygen atoms in total. The molecule has 8 heteroatoms. The molecule has 3 atom stereocenters. The smallest absolute Gasteiger partial charge is 0.239 e. The van der Waals surface area contributed by atoms with Gasteiger partial charge < -0.3 is 20.7 Å². The summed E-state index contributed by atoms with van der Waals surface area (Å²) in [5.74, 6) is -3.34. The number of Topliss-reactive ketones (excluding diaryl/α,β-unsaturated/α-hetero) is 2. The fourth-order valence-corrected chi connectivity index (χ4v) is 4.17. The molecule has 3 N–H and O–H groups in total. The number of nitrogens with one attached hydrogen (secondary N) is 3. The molecule has 0 saturated carbocycles. The quantitative estimate of drug-likeness (QED) is 0.580. The van der Waals surface area contributed by atoms with E-state index in [0.717, 1.165) is 11.1 Å². The maximum atomic E-state index is 13.4.